The molecule has 0 bridgehead atoms. The zero-order chi connectivity index (χ0) is 10.6. The van der Waals surface area contributed by atoms with E-state index in [1.807, 2.05) is 11.8 Å². The molecule has 1 N–H and O–H groups in total. The lowest BCUT2D eigenvalue weighted by atomic mass is 10.1. The second-order valence-corrected chi connectivity index (χ2v) is 6.08. The first-order chi connectivity index (χ1) is 6.58. The Kier molecular flexibility index (Phi) is 4.79. The Hall–Kier alpha value is -0.180. The predicted octanol–water partition coefficient (Wildman–Crippen LogP) is 2.75. The number of hydrogen-bond donors (Lipinski definition) is 1. The molecule has 0 aromatic heterocycles. The number of nitrogens with zero attached hydrogens (tertiary/aromatic N) is 1. The van der Waals surface area contributed by atoms with E-state index >= 15 is 0 Å². The first-order valence-electron chi connectivity index (χ1n) is 5.53. The summed E-state index contributed by atoms with van der Waals surface area (Å²) in [6.07, 6.45) is 1.28. The first kappa shape index (κ1) is 11.9. The van der Waals surface area contributed by atoms with Crippen molar-refractivity contribution in [2.75, 3.05) is 13.1 Å². The van der Waals surface area contributed by atoms with E-state index in [-0.39, 0.29) is 0 Å². The molecule has 1 aliphatic rings. The molecule has 3 heteroatoms. The summed E-state index contributed by atoms with van der Waals surface area (Å²) in [7, 11) is 0. The van der Waals surface area contributed by atoms with Gasteiger partial charge in [-0.25, -0.2) is 0 Å². The summed E-state index contributed by atoms with van der Waals surface area (Å²) in [6, 6.07) is 0. The van der Waals surface area contributed by atoms with Crippen molar-refractivity contribution in [1.29, 1.82) is 0 Å². The second kappa shape index (κ2) is 5.64. The maximum absolute atomic E-state index is 4.51. The zero-order valence-electron chi connectivity index (χ0n) is 9.71. The minimum Gasteiger partial charge on any atom is -0.365 e. The summed E-state index contributed by atoms with van der Waals surface area (Å²) < 4.78 is 0. The fourth-order valence-electron chi connectivity index (χ4n) is 1.45. The van der Waals surface area contributed by atoms with E-state index in [1.54, 1.807) is 0 Å². The number of aliphatic imine (C=N–C) groups is 1. The van der Waals surface area contributed by atoms with E-state index in [2.05, 4.69) is 38.0 Å². The Bertz CT molecular complexity index is 199. The molecule has 14 heavy (non-hydrogen) atoms. The van der Waals surface area contributed by atoms with Gasteiger partial charge in [-0.15, -0.1) is 0 Å². The minimum absolute atomic E-state index is 0.697. The Labute approximate surface area is 92.0 Å². The van der Waals surface area contributed by atoms with Crippen LogP contribution in [0.2, 0.25) is 0 Å². The number of amidine groups is 1. The van der Waals surface area contributed by atoms with Gasteiger partial charge in [0.05, 0.1) is 6.54 Å². The molecule has 0 saturated carbocycles. The number of rotatable bonds is 4. The highest BCUT2D eigenvalue weighted by molar-refractivity contribution is 8.14. The molecule has 0 aromatic rings. The van der Waals surface area contributed by atoms with Gasteiger partial charge in [0.2, 0.25) is 0 Å². The molecule has 2 nitrogen and oxygen atoms in total. The highest BCUT2D eigenvalue weighted by Crippen LogP contribution is 2.25. The van der Waals surface area contributed by atoms with Crippen molar-refractivity contribution >= 4 is 16.9 Å². The van der Waals surface area contributed by atoms with E-state index < -0.39 is 0 Å². The molecule has 0 aliphatic carbocycles. The second-order valence-electron chi connectivity index (χ2n) is 4.79. The molecule has 0 fully saturated rings. The smallest absolute Gasteiger partial charge is 0.156 e. The van der Waals surface area contributed by atoms with Crippen LogP contribution < -0.4 is 5.32 Å². The van der Waals surface area contributed by atoms with Crippen molar-refractivity contribution in [1.82, 2.24) is 5.32 Å². The molecular weight excluding hydrogens is 192 g/mol. The summed E-state index contributed by atoms with van der Waals surface area (Å²) in [5.74, 6) is 1.48. The Morgan fingerprint density at radius 1 is 1.36 bits per heavy atom. The summed E-state index contributed by atoms with van der Waals surface area (Å²) in [6.45, 7) is 11.0. The van der Waals surface area contributed by atoms with Crippen LogP contribution in [0.3, 0.4) is 0 Å². The fourth-order valence-corrected chi connectivity index (χ4v) is 2.72. The van der Waals surface area contributed by atoms with Gasteiger partial charge in [-0.05, 0) is 18.3 Å². The van der Waals surface area contributed by atoms with Crippen molar-refractivity contribution in [2.24, 2.45) is 16.8 Å². The molecule has 0 radical (unpaired) electrons. The average Bonchev–Trinajstić information content (AvgIpc) is 2.47. The average molecular weight is 214 g/mol. The van der Waals surface area contributed by atoms with Crippen molar-refractivity contribution in [3.8, 4) is 0 Å². The van der Waals surface area contributed by atoms with Crippen LogP contribution in [-0.4, -0.2) is 23.5 Å². The monoisotopic (exact) mass is 214 g/mol. The Morgan fingerprint density at radius 2 is 2.07 bits per heavy atom. The van der Waals surface area contributed by atoms with Crippen LogP contribution >= 0.6 is 11.8 Å². The lowest BCUT2D eigenvalue weighted by molar-refractivity contribution is 0.575. The molecule has 1 unspecified atom stereocenters. The van der Waals surface area contributed by atoms with E-state index in [1.165, 1.54) is 6.42 Å². The largest absolute Gasteiger partial charge is 0.365 e. The van der Waals surface area contributed by atoms with Crippen LogP contribution in [0.4, 0.5) is 0 Å². The highest BCUT2D eigenvalue weighted by Gasteiger charge is 2.20. The number of thioether (sulfide) groups is 1. The quantitative estimate of drug-likeness (QED) is 0.778. The van der Waals surface area contributed by atoms with Gasteiger partial charge < -0.3 is 5.32 Å². The minimum atomic E-state index is 0.697. The van der Waals surface area contributed by atoms with Crippen LogP contribution in [0.5, 0.6) is 0 Å². The molecule has 82 valence electrons. The molecule has 1 heterocycles. The molecule has 0 saturated heterocycles. The number of nitrogens with one attached hydrogen (secondary N) is 1. The maximum Gasteiger partial charge on any atom is 0.156 e. The summed E-state index contributed by atoms with van der Waals surface area (Å²) >= 11 is 1.92. The standard InChI is InChI=1S/C11H22N2S/c1-8(2)5-10-7-13-11(14-10)12-6-9(3)4/h8-10H,5-7H2,1-4H3,(H,12,13). The molecular formula is C11H22N2S. The highest BCUT2D eigenvalue weighted by atomic mass is 32.2. The van der Waals surface area contributed by atoms with Gasteiger partial charge in [0, 0.05) is 11.8 Å². The van der Waals surface area contributed by atoms with Crippen molar-refractivity contribution in [2.45, 2.75) is 39.4 Å². The normalized spacial score (nSPS) is 21.9. The van der Waals surface area contributed by atoms with Crippen LogP contribution in [0.15, 0.2) is 4.99 Å². The molecule has 1 aliphatic heterocycles. The lowest BCUT2D eigenvalue weighted by Crippen LogP contribution is -2.24. The maximum atomic E-state index is 4.51. The Morgan fingerprint density at radius 3 is 2.64 bits per heavy atom. The van der Waals surface area contributed by atoms with E-state index in [9.17, 15) is 0 Å². The molecule has 0 amide bonds. The van der Waals surface area contributed by atoms with Gasteiger partial charge >= 0.3 is 0 Å². The zero-order valence-corrected chi connectivity index (χ0v) is 10.5. The third-order valence-electron chi connectivity index (χ3n) is 2.11. The van der Waals surface area contributed by atoms with Gasteiger partial charge in [0.1, 0.15) is 0 Å². The van der Waals surface area contributed by atoms with Crippen LogP contribution in [0.1, 0.15) is 34.1 Å². The van der Waals surface area contributed by atoms with E-state index in [0.717, 1.165) is 24.2 Å². The lowest BCUT2D eigenvalue weighted by Gasteiger charge is -2.11. The molecule has 0 aromatic carbocycles. The summed E-state index contributed by atoms with van der Waals surface area (Å²) in [5.41, 5.74) is 0. The van der Waals surface area contributed by atoms with E-state index in [4.69, 9.17) is 0 Å². The fraction of sp³-hybridized carbons (Fsp3) is 0.909. The number of hydrogen-bond acceptors (Lipinski definition) is 3. The Balaban J connectivity index is 2.19. The van der Waals surface area contributed by atoms with Crippen molar-refractivity contribution in [3.63, 3.8) is 0 Å². The molecule has 1 rings (SSSR count). The SMILES string of the molecule is CC(C)CNC1=NCC(CC(C)C)S1. The molecule has 0 spiro atoms. The van der Waals surface area contributed by atoms with Gasteiger partial charge in [0.25, 0.3) is 0 Å². The van der Waals surface area contributed by atoms with Gasteiger partial charge in [0.15, 0.2) is 5.17 Å². The topological polar surface area (TPSA) is 24.4 Å². The van der Waals surface area contributed by atoms with Gasteiger partial charge in [-0.3, -0.25) is 4.99 Å². The van der Waals surface area contributed by atoms with Crippen molar-refractivity contribution in [3.05, 3.63) is 0 Å². The third-order valence-corrected chi connectivity index (χ3v) is 3.28. The first-order valence-corrected chi connectivity index (χ1v) is 6.41. The predicted molar refractivity (Wildman–Crippen MR) is 66.0 cm³/mol. The summed E-state index contributed by atoms with van der Waals surface area (Å²) in [5, 5.41) is 5.27. The van der Waals surface area contributed by atoms with Crippen molar-refractivity contribution < 1.29 is 0 Å². The van der Waals surface area contributed by atoms with Crippen LogP contribution in [0, 0.1) is 11.8 Å². The summed E-state index contributed by atoms with van der Waals surface area (Å²) in [4.78, 5) is 4.51. The van der Waals surface area contributed by atoms with E-state index in [0.29, 0.717) is 11.2 Å². The van der Waals surface area contributed by atoms with Gasteiger partial charge in [-0.2, -0.15) is 0 Å². The van der Waals surface area contributed by atoms with Crippen LogP contribution in [0.25, 0.3) is 0 Å². The third kappa shape index (κ3) is 4.36. The molecule has 1 atom stereocenters. The van der Waals surface area contributed by atoms with Gasteiger partial charge in [-0.1, -0.05) is 39.5 Å². The van der Waals surface area contributed by atoms with Crippen LogP contribution in [-0.2, 0) is 0 Å².